The predicted octanol–water partition coefficient (Wildman–Crippen LogP) is 3.34. The molecule has 0 spiro atoms. The molecule has 2 aromatic rings. The molecular formula is C15H19ClFN3O. The van der Waals surface area contributed by atoms with Crippen LogP contribution in [0.5, 0.6) is 0 Å². The number of aromatic nitrogens is 2. The van der Waals surface area contributed by atoms with Crippen molar-refractivity contribution in [2.24, 2.45) is 0 Å². The molecule has 0 aliphatic carbocycles. The molecule has 1 amide bonds. The van der Waals surface area contributed by atoms with Crippen molar-refractivity contribution in [2.75, 3.05) is 13.1 Å². The van der Waals surface area contributed by atoms with Crippen LogP contribution in [-0.4, -0.2) is 33.4 Å². The maximum atomic E-state index is 13.5. The second-order valence-corrected chi connectivity index (χ2v) is 5.53. The number of benzene rings is 1. The maximum absolute atomic E-state index is 13.5. The number of carbonyl (C=O) groups is 1. The molecule has 4 nitrogen and oxygen atoms in total. The van der Waals surface area contributed by atoms with Gasteiger partial charge in [-0.15, -0.1) is 11.6 Å². The fourth-order valence-corrected chi connectivity index (χ4v) is 2.56. The van der Waals surface area contributed by atoms with Crippen LogP contribution in [0.2, 0.25) is 0 Å². The van der Waals surface area contributed by atoms with Crippen molar-refractivity contribution in [1.29, 1.82) is 0 Å². The number of nitrogens with zero attached hydrogens (tertiary/aromatic N) is 3. The van der Waals surface area contributed by atoms with Crippen molar-refractivity contribution in [3.8, 4) is 0 Å². The van der Waals surface area contributed by atoms with Gasteiger partial charge in [-0.05, 0) is 39.0 Å². The fourth-order valence-electron chi connectivity index (χ4n) is 2.40. The number of likely N-dealkylation sites (N-methyl/N-ethyl adjacent to an activating group) is 1. The molecular weight excluding hydrogens is 293 g/mol. The van der Waals surface area contributed by atoms with Crippen LogP contribution in [0.4, 0.5) is 4.39 Å². The summed E-state index contributed by atoms with van der Waals surface area (Å²) in [5.74, 6) is 0.201. The van der Waals surface area contributed by atoms with Gasteiger partial charge in [-0.1, -0.05) is 0 Å². The highest BCUT2D eigenvalue weighted by atomic mass is 35.5. The lowest BCUT2D eigenvalue weighted by molar-refractivity contribution is -0.131. The quantitative estimate of drug-likeness (QED) is 0.794. The number of hydrogen-bond donors (Lipinski definition) is 0. The summed E-state index contributed by atoms with van der Waals surface area (Å²) in [6, 6.07) is 4.35. The van der Waals surface area contributed by atoms with Gasteiger partial charge in [0.05, 0.1) is 16.4 Å². The minimum absolute atomic E-state index is 0.0258. The molecule has 6 heteroatoms. The molecule has 0 N–H and O–H groups in total. The summed E-state index contributed by atoms with van der Waals surface area (Å²) in [5, 5.41) is -0.357. The van der Waals surface area contributed by atoms with Crippen molar-refractivity contribution in [2.45, 2.75) is 32.7 Å². The van der Waals surface area contributed by atoms with E-state index in [1.54, 1.807) is 22.5 Å². The van der Waals surface area contributed by atoms with E-state index in [2.05, 4.69) is 4.98 Å². The van der Waals surface area contributed by atoms with E-state index in [1.165, 1.54) is 12.1 Å². The number of halogens is 2. The first kappa shape index (κ1) is 15.8. The maximum Gasteiger partial charge on any atom is 0.242 e. The lowest BCUT2D eigenvalue weighted by Crippen LogP contribution is -2.33. The third-order valence-electron chi connectivity index (χ3n) is 3.51. The molecule has 1 unspecified atom stereocenters. The minimum atomic E-state index is -0.357. The first-order chi connectivity index (χ1) is 9.97. The lowest BCUT2D eigenvalue weighted by Gasteiger charge is -2.20. The third-order valence-corrected chi connectivity index (χ3v) is 3.70. The lowest BCUT2D eigenvalue weighted by atomic mass is 10.3. The van der Waals surface area contributed by atoms with Crippen LogP contribution in [0.25, 0.3) is 11.0 Å². The summed E-state index contributed by atoms with van der Waals surface area (Å²) in [6.07, 6.45) is 0. The molecule has 21 heavy (non-hydrogen) atoms. The van der Waals surface area contributed by atoms with E-state index in [9.17, 15) is 9.18 Å². The molecule has 0 saturated heterocycles. The molecule has 1 atom stereocenters. The molecule has 1 aromatic heterocycles. The standard InChI is InChI=1S/C15H19ClFN3O/c1-4-19(5-2)14(21)9-20-13-8-11(17)6-7-12(13)18-15(20)10(3)16/h6-8,10H,4-5,9H2,1-3H3. The molecule has 0 aliphatic rings. The first-order valence-electron chi connectivity index (χ1n) is 7.05. The zero-order valence-corrected chi connectivity index (χ0v) is 13.2. The highest BCUT2D eigenvalue weighted by Gasteiger charge is 2.19. The van der Waals surface area contributed by atoms with Crippen LogP contribution in [0.3, 0.4) is 0 Å². The molecule has 1 aromatic carbocycles. The van der Waals surface area contributed by atoms with Gasteiger partial charge in [0.15, 0.2) is 0 Å². The monoisotopic (exact) mass is 311 g/mol. The molecule has 0 fully saturated rings. The van der Waals surface area contributed by atoms with Crippen molar-refractivity contribution >= 4 is 28.5 Å². The predicted molar refractivity (Wildman–Crippen MR) is 81.9 cm³/mol. The van der Waals surface area contributed by atoms with E-state index in [1.807, 2.05) is 13.8 Å². The molecule has 0 bridgehead atoms. The van der Waals surface area contributed by atoms with Gasteiger partial charge >= 0.3 is 0 Å². The number of rotatable bonds is 5. The van der Waals surface area contributed by atoms with E-state index < -0.39 is 0 Å². The molecule has 1 heterocycles. The Morgan fingerprint density at radius 2 is 2.10 bits per heavy atom. The second kappa shape index (κ2) is 6.43. The minimum Gasteiger partial charge on any atom is -0.342 e. The van der Waals surface area contributed by atoms with Crippen molar-refractivity contribution < 1.29 is 9.18 Å². The number of alkyl halides is 1. The van der Waals surface area contributed by atoms with Gasteiger partial charge in [0.2, 0.25) is 5.91 Å². The normalized spacial score (nSPS) is 12.6. The van der Waals surface area contributed by atoms with Crippen molar-refractivity contribution in [3.63, 3.8) is 0 Å². The van der Waals surface area contributed by atoms with E-state index in [-0.39, 0.29) is 23.6 Å². The van der Waals surface area contributed by atoms with Crippen LogP contribution in [-0.2, 0) is 11.3 Å². The van der Waals surface area contributed by atoms with Gasteiger partial charge in [0.25, 0.3) is 0 Å². The summed E-state index contributed by atoms with van der Waals surface area (Å²) in [6.45, 7) is 7.05. The Balaban J connectivity index is 2.47. The largest absolute Gasteiger partial charge is 0.342 e. The van der Waals surface area contributed by atoms with Gasteiger partial charge in [-0.3, -0.25) is 4.79 Å². The Morgan fingerprint density at radius 1 is 1.43 bits per heavy atom. The molecule has 2 rings (SSSR count). The molecule has 0 saturated carbocycles. The summed E-state index contributed by atoms with van der Waals surface area (Å²) in [4.78, 5) is 18.5. The Bertz CT molecular complexity index is 650. The number of hydrogen-bond acceptors (Lipinski definition) is 2. The van der Waals surface area contributed by atoms with Gasteiger partial charge in [-0.2, -0.15) is 0 Å². The molecule has 0 aliphatic heterocycles. The van der Waals surface area contributed by atoms with E-state index in [0.29, 0.717) is 29.9 Å². The highest BCUT2D eigenvalue weighted by molar-refractivity contribution is 6.20. The highest BCUT2D eigenvalue weighted by Crippen LogP contribution is 2.25. The van der Waals surface area contributed by atoms with Gasteiger partial charge in [0, 0.05) is 13.1 Å². The number of imidazole rings is 1. The summed E-state index contributed by atoms with van der Waals surface area (Å²) in [5.41, 5.74) is 1.24. The SMILES string of the molecule is CCN(CC)C(=O)Cn1c(C(C)Cl)nc2ccc(F)cc21. The van der Waals surface area contributed by atoms with Gasteiger partial charge < -0.3 is 9.47 Å². The Hall–Kier alpha value is -1.62. The summed E-state index contributed by atoms with van der Waals surface area (Å²) >= 11 is 6.15. The Kier molecular flexibility index (Phi) is 4.83. The van der Waals surface area contributed by atoms with Crippen molar-refractivity contribution in [3.05, 3.63) is 29.8 Å². The Labute approximate surface area is 128 Å². The topological polar surface area (TPSA) is 38.1 Å². The number of carbonyl (C=O) groups excluding carboxylic acids is 1. The average molecular weight is 312 g/mol. The molecule has 114 valence electrons. The number of amides is 1. The van der Waals surface area contributed by atoms with E-state index >= 15 is 0 Å². The third kappa shape index (κ3) is 3.18. The van der Waals surface area contributed by atoms with Crippen LogP contribution in [0.1, 0.15) is 32.0 Å². The van der Waals surface area contributed by atoms with Crippen LogP contribution >= 0.6 is 11.6 Å². The first-order valence-corrected chi connectivity index (χ1v) is 7.49. The van der Waals surface area contributed by atoms with E-state index in [0.717, 1.165) is 0 Å². The van der Waals surface area contributed by atoms with Crippen molar-refractivity contribution in [1.82, 2.24) is 14.5 Å². The molecule has 0 radical (unpaired) electrons. The van der Waals surface area contributed by atoms with Crippen LogP contribution in [0, 0.1) is 5.82 Å². The number of fused-ring (bicyclic) bond motifs is 1. The van der Waals surface area contributed by atoms with Gasteiger partial charge in [-0.25, -0.2) is 9.37 Å². The average Bonchev–Trinajstić information content (AvgIpc) is 2.78. The fraction of sp³-hybridized carbons (Fsp3) is 0.467. The smallest absolute Gasteiger partial charge is 0.242 e. The van der Waals surface area contributed by atoms with Crippen LogP contribution < -0.4 is 0 Å². The summed E-state index contributed by atoms with van der Waals surface area (Å²) < 4.78 is 15.2. The Morgan fingerprint density at radius 3 is 2.67 bits per heavy atom. The summed E-state index contributed by atoms with van der Waals surface area (Å²) in [7, 11) is 0. The van der Waals surface area contributed by atoms with E-state index in [4.69, 9.17) is 11.6 Å². The second-order valence-electron chi connectivity index (χ2n) is 4.87. The van der Waals surface area contributed by atoms with Gasteiger partial charge in [0.1, 0.15) is 18.2 Å². The van der Waals surface area contributed by atoms with Crippen LogP contribution in [0.15, 0.2) is 18.2 Å². The zero-order valence-electron chi connectivity index (χ0n) is 12.4. The zero-order chi connectivity index (χ0) is 15.6.